The first-order valence-electron chi connectivity index (χ1n) is 25.2. The predicted molar refractivity (Wildman–Crippen MR) is 309 cm³/mol. The standard InChI is InChI=1S/C71H48N4/c72-49-53-33-47-67(69-27-15-13-25-65(53)69)51-29-35-55(36-30-51)71(56-37-31-52(32-38-56)68-48-34-54(50-73)66-26-14-16-28-70(66)68,57-39-43-63(44-40-57)74(59-17-5-1-6-18-59)60-19-7-2-8-20-60)58-41-45-64(46-42-58)75(61-21-9-3-10-22-61)62-23-11-4-12-24-62/h1-48H. The summed E-state index contributed by atoms with van der Waals surface area (Å²) in [6, 6.07) is 107. The average Bonchev–Trinajstić information content (AvgIpc) is 3.49. The van der Waals surface area contributed by atoms with Gasteiger partial charge in [0.15, 0.2) is 0 Å². The summed E-state index contributed by atoms with van der Waals surface area (Å²) in [5.74, 6) is 0. The number of nitriles is 2. The van der Waals surface area contributed by atoms with Crippen molar-refractivity contribution in [2.24, 2.45) is 0 Å². The van der Waals surface area contributed by atoms with Crippen LogP contribution in [-0.4, -0.2) is 0 Å². The molecule has 0 N–H and O–H groups in total. The SMILES string of the molecule is N#Cc1ccc(-c2ccc(C(c3ccc(-c4ccc(C#N)c5ccccc45)cc3)(c3ccc(N(c4ccccc4)c4ccccc4)cc3)c3ccc(N(c4ccccc4)c4ccccc4)cc3)cc2)c2ccccc12. The first-order chi connectivity index (χ1) is 37.1. The average molecular weight is 957 g/mol. The summed E-state index contributed by atoms with van der Waals surface area (Å²) in [4.78, 5) is 4.60. The van der Waals surface area contributed by atoms with Gasteiger partial charge in [0.1, 0.15) is 0 Å². The highest BCUT2D eigenvalue weighted by Gasteiger charge is 2.39. The third kappa shape index (κ3) is 8.43. The Hall–Kier alpha value is -10.3. The maximum absolute atomic E-state index is 10.1. The van der Waals surface area contributed by atoms with E-state index in [0.29, 0.717) is 11.1 Å². The number of rotatable bonds is 12. The van der Waals surface area contributed by atoms with Crippen LogP contribution in [-0.2, 0) is 5.41 Å². The van der Waals surface area contributed by atoms with Crippen LogP contribution in [0, 0.1) is 22.7 Å². The second-order valence-electron chi connectivity index (χ2n) is 18.6. The van der Waals surface area contributed by atoms with Crippen molar-refractivity contribution in [1.82, 2.24) is 0 Å². The zero-order valence-corrected chi connectivity index (χ0v) is 41.0. The molecule has 0 radical (unpaired) electrons. The minimum Gasteiger partial charge on any atom is -0.311 e. The second-order valence-corrected chi connectivity index (χ2v) is 18.6. The third-order valence-corrected chi connectivity index (χ3v) is 14.5. The Morgan fingerprint density at radius 2 is 0.493 bits per heavy atom. The van der Waals surface area contributed by atoms with Crippen molar-refractivity contribution in [3.05, 3.63) is 325 Å². The lowest BCUT2D eigenvalue weighted by Crippen LogP contribution is -2.31. The van der Waals surface area contributed by atoms with Crippen LogP contribution < -0.4 is 9.80 Å². The molecule has 0 saturated heterocycles. The van der Waals surface area contributed by atoms with Gasteiger partial charge in [0, 0.05) is 44.9 Å². The van der Waals surface area contributed by atoms with Crippen molar-refractivity contribution < 1.29 is 0 Å². The Labute approximate surface area is 438 Å². The van der Waals surface area contributed by atoms with Crippen molar-refractivity contribution in [2.75, 3.05) is 9.80 Å². The number of para-hydroxylation sites is 4. The maximum atomic E-state index is 10.1. The molecule has 75 heavy (non-hydrogen) atoms. The zero-order chi connectivity index (χ0) is 50.6. The highest BCUT2D eigenvalue weighted by atomic mass is 15.1. The number of anilines is 6. The van der Waals surface area contributed by atoms with Crippen LogP contribution in [0.3, 0.4) is 0 Å². The van der Waals surface area contributed by atoms with Crippen LogP contribution in [0.15, 0.2) is 291 Å². The largest absolute Gasteiger partial charge is 0.311 e. The molecule has 4 heteroatoms. The van der Waals surface area contributed by atoms with Gasteiger partial charge in [-0.2, -0.15) is 10.5 Å². The molecule has 352 valence electrons. The number of fused-ring (bicyclic) bond motifs is 2. The van der Waals surface area contributed by atoms with Crippen molar-refractivity contribution in [1.29, 1.82) is 10.5 Å². The van der Waals surface area contributed by atoms with Gasteiger partial charge in [0.25, 0.3) is 0 Å². The van der Waals surface area contributed by atoms with E-state index in [-0.39, 0.29) is 0 Å². The molecular weight excluding hydrogens is 909 g/mol. The molecule has 0 aliphatic heterocycles. The monoisotopic (exact) mass is 956 g/mol. The molecule has 0 saturated carbocycles. The van der Waals surface area contributed by atoms with Crippen molar-refractivity contribution in [3.8, 4) is 34.4 Å². The molecule has 0 aliphatic rings. The highest BCUT2D eigenvalue weighted by molar-refractivity contribution is 6.01. The summed E-state index contributed by atoms with van der Waals surface area (Å²) in [5.41, 5.74) is 15.4. The summed E-state index contributed by atoms with van der Waals surface area (Å²) in [5, 5.41) is 24.1. The molecule has 12 aromatic rings. The first-order valence-corrected chi connectivity index (χ1v) is 25.2. The smallest absolute Gasteiger partial charge is 0.0998 e. The first kappa shape index (κ1) is 45.9. The molecule has 0 fully saturated rings. The Morgan fingerprint density at radius 3 is 0.787 bits per heavy atom. The van der Waals surface area contributed by atoms with Gasteiger partial charge >= 0.3 is 0 Å². The van der Waals surface area contributed by atoms with E-state index >= 15 is 0 Å². The molecule has 0 aromatic heterocycles. The molecule has 4 nitrogen and oxygen atoms in total. The van der Waals surface area contributed by atoms with E-state index in [0.717, 1.165) is 100 Å². The fourth-order valence-corrected chi connectivity index (χ4v) is 11.0. The molecule has 0 atom stereocenters. The van der Waals surface area contributed by atoms with E-state index in [4.69, 9.17) is 0 Å². The number of hydrogen-bond donors (Lipinski definition) is 0. The van der Waals surface area contributed by atoms with Crippen LogP contribution >= 0.6 is 0 Å². The van der Waals surface area contributed by atoms with Gasteiger partial charge < -0.3 is 9.80 Å². The van der Waals surface area contributed by atoms with Crippen LogP contribution in [0.2, 0.25) is 0 Å². The maximum Gasteiger partial charge on any atom is 0.0998 e. The Balaban J connectivity index is 1.09. The molecule has 0 heterocycles. The topological polar surface area (TPSA) is 54.1 Å². The summed E-state index contributed by atoms with van der Waals surface area (Å²) >= 11 is 0. The number of nitrogens with zero attached hydrogens (tertiary/aromatic N) is 4. The van der Waals surface area contributed by atoms with Gasteiger partial charge in [0.2, 0.25) is 0 Å². The molecule has 0 bridgehead atoms. The van der Waals surface area contributed by atoms with Gasteiger partial charge in [-0.15, -0.1) is 0 Å². The summed E-state index contributed by atoms with van der Waals surface area (Å²) in [7, 11) is 0. The normalized spacial score (nSPS) is 11.2. The van der Waals surface area contributed by atoms with E-state index in [1.165, 1.54) is 0 Å². The van der Waals surface area contributed by atoms with E-state index in [1.807, 2.05) is 48.5 Å². The van der Waals surface area contributed by atoms with E-state index in [9.17, 15) is 10.5 Å². The lowest BCUT2D eigenvalue weighted by atomic mass is 9.64. The molecule has 0 unspecified atom stereocenters. The van der Waals surface area contributed by atoms with Gasteiger partial charge in [0.05, 0.1) is 28.7 Å². The van der Waals surface area contributed by atoms with Crippen LogP contribution in [0.25, 0.3) is 43.8 Å². The minimum absolute atomic E-state index is 0.658. The Morgan fingerprint density at radius 1 is 0.240 bits per heavy atom. The number of benzene rings is 12. The molecule has 0 aliphatic carbocycles. The molecule has 0 spiro atoms. The van der Waals surface area contributed by atoms with Crippen LogP contribution in [0.5, 0.6) is 0 Å². The van der Waals surface area contributed by atoms with E-state index in [2.05, 4.69) is 265 Å². The second kappa shape index (κ2) is 20.1. The molecule has 12 aromatic carbocycles. The Bertz CT molecular complexity index is 3680. The number of hydrogen-bond acceptors (Lipinski definition) is 4. The summed E-state index contributed by atoms with van der Waals surface area (Å²) in [6.45, 7) is 0. The fraction of sp³-hybridized carbons (Fsp3) is 0.0141. The summed E-state index contributed by atoms with van der Waals surface area (Å²) in [6.07, 6.45) is 0. The Kier molecular flexibility index (Phi) is 12.3. The quantitative estimate of drug-likeness (QED) is 0.115. The van der Waals surface area contributed by atoms with Gasteiger partial charge in [-0.1, -0.05) is 206 Å². The van der Waals surface area contributed by atoms with E-state index < -0.39 is 5.41 Å². The van der Waals surface area contributed by atoms with Gasteiger partial charge in [-0.25, -0.2) is 0 Å². The van der Waals surface area contributed by atoms with Crippen molar-refractivity contribution >= 4 is 55.7 Å². The lowest BCUT2D eigenvalue weighted by Gasteiger charge is -2.38. The van der Waals surface area contributed by atoms with Crippen molar-refractivity contribution in [2.45, 2.75) is 5.41 Å². The van der Waals surface area contributed by atoms with Crippen LogP contribution in [0.4, 0.5) is 34.1 Å². The van der Waals surface area contributed by atoms with Crippen molar-refractivity contribution in [3.63, 3.8) is 0 Å². The fourth-order valence-electron chi connectivity index (χ4n) is 11.0. The van der Waals surface area contributed by atoms with Gasteiger partial charge in [-0.05, 0) is 140 Å². The zero-order valence-electron chi connectivity index (χ0n) is 41.0. The van der Waals surface area contributed by atoms with E-state index in [1.54, 1.807) is 0 Å². The minimum atomic E-state index is -0.845. The predicted octanol–water partition coefficient (Wildman–Crippen LogP) is 18.4. The molecular formula is C71H48N4. The summed E-state index contributed by atoms with van der Waals surface area (Å²) < 4.78 is 0. The molecule has 12 rings (SSSR count). The third-order valence-electron chi connectivity index (χ3n) is 14.5. The van der Waals surface area contributed by atoms with Crippen LogP contribution in [0.1, 0.15) is 33.4 Å². The lowest BCUT2D eigenvalue weighted by molar-refractivity contribution is 0.745. The highest BCUT2D eigenvalue weighted by Crippen LogP contribution is 2.49. The van der Waals surface area contributed by atoms with Gasteiger partial charge in [-0.3, -0.25) is 0 Å². The molecule has 0 amide bonds.